The first-order valence-corrected chi connectivity index (χ1v) is 7.19. The van der Waals surface area contributed by atoms with Crippen molar-refractivity contribution in [3.8, 4) is 0 Å². The first-order valence-electron chi connectivity index (χ1n) is 7.19. The number of alkyl halides is 3. The van der Waals surface area contributed by atoms with Crippen LogP contribution in [0, 0.1) is 12.8 Å². The maximum atomic E-state index is 13.7. The SMILES string of the molecule is COC(=O)[C@](NC(=O)CC(C)C)(Nc1ncccc1C)C(F)(F)F. The zero-order valence-electron chi connectivity index (χ0n) is 13.8. The van der Waals surface area contributed by atoms with Gasteiger partial charge in [0.25, 0.3) is 0 Å². The quantitative estimate of drug-likeness (QED) is 0.610. The summed E-state index contributed by atoms with van der Waals surface area (Å²) in [7, 11) is 0.810. The molecule has 1 amide bonds. The summed E-state index contributed by atoms with van der Waals surface area (Å²) in [5.41, 5.74) is -3.06. The van der Waals surface area contributed by atoms with Crippen LogP contribution in [0.15, 0.2) is 18.3 Å². The summed E-state index contributed by atoms with van der Waals surface area (Å²) in [6.07, 6.45) is -4.07. The monoisotopic (exact) mass is 347 g/mol. The van der Waals surface area contributed by atoms with Gasteiger partial charge in [0.1, 0.15) is 5.82 Å². The molecular weight excluding hydrogens is 327 g/mol. The van der Waals surface area contributed by atoms with Crippen LogP contribution >= 0.6 is 0 Å². The van der Waals surface area contributed by atoms with Crippen molar-refractivity contribution >= 4 is 17.7 Å². The van der Waals surface area contributed by atoms with E-state index in [0.29, 0.717) is 5.56 Å². The van der Waals surface area contributed by atoms with Crippen LogP contribution in [0.2, 0.25) is 0 Å². The standard InChI is InChI=1S/C15H20F3N3O3/c1-9(2)8-11(22)20-14(13(23)24-4,15(16,17)18)21-12-10(3)6-5-7-19-12/h5-7,9H,8H2,1-4H3,(H,19,21)(H,20,22)/t14-/m0/s1. The van der Waals surface area contributed by atoms with Gasteiger partial charge in [-0.3, -0.25) is 4.79 Å². The topological polar surface area (TPSA) is 80.3 Å². The van der Waals surface area contributed by atoms with Crippen LogP contribution in [0.5, 0.6) is 0 Å². The van der Waals surface area contributed by atoms with Gasteiger partial charge >= 0.3 is 17.8 Å². The van der Waals surface area contributed by atoms with E-state index in [4.69, 9.17) is 0 Å². The first kappa shape index (κ1) is 19.7. The fraction of sp³-hybridized carbons (Fsp3) is 0.533. The minimum absolute atomic E-state index is 0.183. The summed E-state index contributed by atoms with van der Waals surface area (Å²) >= 11 is 0. The van der Waals surface area contributed by atoms with Gasteiger partial charge in [-0.05, 0) is 24.5 Å². The van der Waals surface area contributed by atoms with E-state index < -0.39 is 23.7 Å². The number of halogens is 3. The maximum absolute atomic E-state index is 13.7. The molecule has 0 aliphatic heterocycles. The summed E-state index contributed by atoms with van der Waals surface area (Å²) in [5, 5.41) is 3.75. The number of carbonyl (C=O) groups is 2. The number of aromatic nitrogens is 1. The normalized spacial score (nSPS) is 14.0. The molecule has 0 saturated heterocycles. The summed E-state index contributed by atoms with van der Waals surface area (Å²) < 4.78 is 45.5. The molecule has 0 bridgehead atoms. The van der Waals surface area contributed by atoms with Crippen LogP contribution in [0.25, 0.3) is 0 Å². The lowest BCUT2D eigenvalue weighted by molar-refractivity contribution is -0.206. The number of carbonyl (C=O) groups excluding carboxylic acids is 2. The Morgan fingerprint density at radius 1 is 1.33 bits per heavy atom. The smallest absolute Gasteiger partial charge is 0.441 e. The zero-order valence-corrected chi connectivity index (χ0v) is 13.8. The van der Waals surface area contributed by atoms with Crippen LogP contribution in [0.4, 0.5) is 19.0 Å². The number of pyridine rings is 1. The van der Waals surface area contributed by atoms with Crippen molar-refractivity contribution in [1.29, 1.82) is 0 Å². The highest BCUT2D eigenvalue weighted by atomic mass is 19.4. The second-order valence-electron chi connectivity index (χ2n) is 5.68. The highest BCUT2D eigenvalue weighted by molar-refractivity contribution is 5.91. The number of nitrogens with one attached hydrogen (secondary N) is 2. The Morgan fingerprint density at radius 3 is 2.42 bits per heavy atom. The van der Waals surface area contributed by atoms with Crippen LogP contribution in [-0.4, -0.2) is 35.8 Å². The van der Waals surface area contributed by atoms with Gasteiger partial charge in [-0.15, -0.1) is 0 Å². The van der Waals surface area contributed by atoms with E-state index in [-0.39, 0.29) is 18.2 Å². The average Bonchev–Trinajstić information content (AvgIpc) is 2.45. The molecule has 0 unspecified atom stereocenters. The second kappa shape index (κ2) is 7.50. The van der Waals surface area contributed by atoms with Crippen LogP contribution < -0.4 is 10.6 Å². The van der Waals surface area contributed by atoms with Gasteiger partial charge in [0.2, 0.25) is 5.91 Å². The predicted octanol–water partition coefficient (Wildman–Crippen LogP) is 2.40. The molecule has 0 aliphatic carbocycles. The highest BCUT2D eigenvalue weighted by Crippen LogP contribution is 2.33. The molecule has 0 spiro atoms. The first-order chi connectivity index (χ1) is 11.0. The Bertz CT molecular complexity index is 605. The number of esters is 1. The molecule has 1 heterocycles. The second-order valence-corrected chi connectivity index (χ2v) is 5.68. The molecule has 1 aromatic heterocycles. The number of methoxy groups -OCH3 is 1. The molecule has 24 heavy (non-hydrogen) atoms. The number of anilines is 1. The van der Waals surface area contributed by atoms with Crippen molar-refractivity contribution in [3.05, 3.63) is 23.9 Å². The molecule has 0 fully saturated rings. The number of amides is 1. The van der Waals surface area contributed by atoms with Gasteiger partial charge in [-0.2, -0.15) is 13.2 Å². The molecule has 134 valence electrons. The Labute approximate surface area is 137 Å². The van der Waals surface area contributed by atoms with E-state index in [1.165, 1.54) is 25.3 Å². The molecule has 1 atom stereocenters. The number of rotatable bonds is 6. The van der Waals surface area contributed by atoms with Gasteiger partial charge in [0.05, 0.1) is 7.11 Å². The molecule has 6 nitrogen and oxygen atoms in total. The minimum Gasteiger partial charge on any atom is -0.466 e. The van der Waals surface area contributed by atoms with E-state index in [1.54, 1.807) is 19.2 Å². The van der Waals surface area contributed by atoms with E-state index in [1.807, 2.05) is 5.32 Å². The van der Waals surface area contributed by atoms with Crippen molar-refractivity contribution in [1.82, 2.24) is 10.3 Å². The van der Waals surface area contributed by atoms with E-state index in [9.17, 15) is 22.8 Å². The lowest BCUT2D eigenvalue weighted by atomic mass is 10.1. The third-order valence-corrected chi connectivity index (χ3v) is 3.15. The van der Waals surface area contributed by atoms with Gasteiger partial charge in [-0.1, -0.05) is 19.9 Å². The van der Waals surface area contributed by atoms with Crippen LogP contribution in [0.3, 0.4) is 0 Å². The van der Waals surface area contributed by atoms with Gasteiger partial charge in [0, 0.05) is 12.6 Å². The number of nitrogens with zero attached hydrogens (tertiary/aromatic N) is 1. The van der Waals surface area contributed by atoms with E-state index in [2.05, 4.69) is 9.72 Å². The highest BCUT2D eigenvalue weighted by Gasteiger charge is 2.63. The third-order valence-electron chi connectivity index (χ3n) is 3.15. The van der Waals surface area contributed by atoms with Crippen molar-refractivity contribution in [2.75, 3.05) is 12.4 Å². The molecule has 0 aliphatic rings. The predicted molar refractivity (Wildman–Crippen MR) is 81.0 cm³/mol. The van der Waals surface area contributed by atoms with Crippen LogP contribution in [0.1, 0.15) is 25.8 Å². The Kier molecular flexibility index (Phi) is 6.16. The number of hydrogen-bond donors (Lipinski definition) is 2. The van der Waals surface area contributed by atoms with Crippen molar-refractivity contribution in [2.45, 2.75) is 39.0 Å². The zero-order chi connectivity index (χ0) is 18.5. The molecule has 9 heteroatoms. The number of hydrogen-bond acceptors (Lipinski definition) is 5. The third kappa shape index (κ3) is 4.36. The molecular formula is C15H20F3N3O3. The van der Waals surface area contributed by atoms with Crippen molar-refractivity contribution in [3.63, 3.8) is 0 Å². The Morgan fingerprint density at radius 2 is 1.96 bits per heavy atom. The lowest BCUT2D eigenvalue weighted by Crippen LogP contribution is -2.69. The van der Waals surface area contributed by atoms with Gasteiger partial charge in [-0.25, -0.2) is 9.78 Å². The summed E-state index contributed by atoms with van der Waals surface area (Å²) in [6.45, 7) is 4.86. The molecule has 2 N–H and O–H groups in total. The molecule has 1 aromatic rings. The lowest BCUT2D eigenvalue weighted by Gasteiger charge is -2.35. The fourth-order valence-corrected chi connectivity index (χ4v) is 1.97. The molecule has 1 rings (SSSR count). The molecule has 0 saturated carbocycles. The summed E-state index contributed by atoms with van der Waals surface area (Å²) in [4.78, 5) is 27.7. The Hall–Kier alpha value is -2.32. The van der Waals surface area contributed by atoms with Crippen molar-refractivity contribution in [2.24, 2.45) is 5.92 Å². The molecule has 0 aromatic carbocycles. The van der Waals surface area contributed by atoms with Crippen molar-refractivity contribution < 1.29 is 27.5 Å². The number of ether oxygens (including phenoxy) is 1. The van der Waals surface area contributed by atoms with E-state index in [0.717, 1.165) is 7.11 Å². The van der Waals surface area contributed by atoms with Gasteiger partial charge in [0.15, 0.2) is 0 Å². The fourth-order valence-electron chi connectivity index (χ4n) is 1.97. The minimum atomic E-state index is -5.16. The maximum Gasteiger partial charge on any atom is 0.441 e. The number of aryl methyl sites for hydroxylation is 1. The largest absolute Gasteiger partial charge is 0.466 e. The average molecular weight is 347 g/mol. The van der Waals surface area contributed by atoms with Crippen LogP contribution in [-0.2, 0) is 14.3 Å². The molecule has 0 radical (unpaired) electrons. The Balaban J connectivity index is 3.34. The summed E-state index contributed by atoms with van der Waals surface area (Å²) in [6, 6.07) is 3.05. The van der Waals surface area contributed by atoms with Gasteiger partial charge < -0.3 is 15.4 Å². The van der Waals surface area contributed by atoms with E-state index >= 15 is 0 Å². The summed E-state index contributed by atoms with van der Waals surface area (Å²) in [5.74, 6) is -3.00.